The molecule has 0 amide bonds. The van der Waals surface area contributed by atoms with Crippen molar-refractivity contribution in [3.63, 3.8) is 0 Å². The van der Waals surface area contributed by atoms with Crippen molar-refractivity contribution in [2.75, 3.05) is 7.11 Å². The van der Waals surface area contributed by atoms with Crippen molar-refractivity contribution in [3.05, 3.63) is 48.6 Å². The topological polar surface area (TPSA) is 9.23 Å². The van der Waals surface area contributed by atoms with E-state index in [9.17, 15) is 0 Å². The quantitative estimate of drug-likeness (QED) is 0.668. The highest BCUT2D eigenvalue weighted by molar-refractivity contribution is 5.14. The molecule has 0 aliphatic heterocycles. The van der Waals surface area contributed by atoms with E-state index in [4.69, 9.17) is 11.3 Å². The van der Waals surface area contributed by atoms with Gasteiger partial charge in [0.2, 0.25) is 0 Å². The molecular weight excluding hydrogens is 160 g/mol. The van der Waals surface area contributed by atoms with Crippen molar-refractivity contribution < 1.29 is 4.74 Å². The second-order valence-electron chi connectivity index (χ2n) is 2.99. The fourth-order valence-corrected chi connectivity index (χ4v) is 1.25. The molecule has 0 N–H and O–H groups in total. The van der Waals surface area contributed by atoms with E-state index in [0.29, 0.717) is 0 Å². The molecule has 0 aliphatic rings. The summed E-state index contributed by atoms with van der Waals surface area (Å²) >= 11 is 0. The molecule has 0 heterocycles. The van der Waals surface area contributed by atoms with Crippen molar-refractivity contribution in [2.24, 2.45) is 0 Å². The lowest BCUT2D eigenvalue weighted by Gasteiger charge is -2.09. The van der Waals surface area contributed by atoms with Gasteiger partial charge >= 0.3 is 0 Å². The van der Waals surface area contributed by atoms with E-state index in [0.717, 1.165) is 12.8 Å². The molecule has 0 fully saturated rings. The zero-order valence-corrected chi connectivity index (χ0v) is 7.94. The predicted molar refractivity (Wildman–Crippen MR) is 54.4 cm³/mol. The summed E-state index contributed by atoms with van der Waals surface area (Å²) in [6, 6.07) is 10.3. The lowest BCUT2D eigenvalue weighted by molar-refractivity contribution is 0.134. The summed E-state index contributed by atoms with van der Waals surface area (Å²) in [4.78, 5) is 0. The number of methoxy groups -OCH3 is 1. The van der Waals surface area contributed by atoms with Gasteiger partial charge in [-0.2, -0.15) is 0 Å². The third-order valence-corrected chi connectivity index (χ3v) is 2.08. The van der Waals surface area contributed by atoms with Crippen LogP contribution in [0.5, 0.6) is 0 Å². The number of hydrogen-bond acceptors (Lipinski definition) is 1. The van der Waals surface area contributed by atoms with Gasteiger partial charge in [-0.15, -0.1) is 0 Å². The first-order valence-electron chi connectivity index (χ1n) is 4.48. The minimum Gasteiger partial charge on any atom is -0.377 e. The van der Waals surface area contributed by atoms with Crippen LogP contribution in [0.25, 0.3) is 0 Å². The maximum absolute atomic E-state index is 5.40. The standard InChI is InChI=1S/C12H15O/c1-3-12(13-2)10-9-11-7-5-4-6-8-11/h1,3-8,12H,9-10H2,2H3. The van der Waals surface area contributed by atoms with Gasteiger partial charge in [0, 0.05) is 7.11 Å². The van der Waals surface area contributed by atoms with E-state index in [-0.39, 0.29) is 6.10 Å². The third kappa shape index (κ3) is 3.43. The number of rotatable bonds is 5. The SMILES string of the molecule is [CH]=CC(CCc1ccccc1)OC. The second-order valence-corrected chi connectivity index (χ2v) is 2.99. The van der Waals surface area contributed by atoms with Crippen LogP contribution in [0, 0.1) is 6.58 Å². The first-order chi connectivity index (χ1) is 6.36. The van der Waals surface area contributed by atoms with Gasteiger partial charge in [-0.3, -0.25) is 0 Å². The van der Waals surface area contributed by atoms with Crippen LogP contribution in [0.4, 0.5) is 0 Å². The van der Waals surface area contributed by atoms with Crippen LogP contribution in [0.15, 0.2) is 36.4 Å². The van der Waals surface area contributed by atoms with Gasteiger partial charge in [-0.25, -0.2) is 0 Å². The van der Waals surface area contributed by atoms with Gasteiger partial charge in [-0.05, 0) is 18.4 Å². The Labute approximate surface area is 80.0 Å². The fraction of sp³-hybridized carbons (Fsp3) is 0.333. The van der Waals surface area contributed by atoms with Crippen LogP contribution in [-0.4, -0.2) is 13.2 Å². The Morgan fingerprint density at radius 3 is 2.62 bits per heavy atom. The minimum atomic E-state index is 0.0696. The number of aryl methyl sites for hydroxylation is 1. The molecular formula is C12H15O. The molecule has 0 aliphatic carbocycles. The summed E-state index contributed by atoms with van der Waals surface area (Å²) in [5, 5.41) is 0. The molecule has 0 aromatic heterocycles. The van der Waals surface area contributed by atoms with E-state index in [1.807, 2.05) is 18.2 Å². The maximum Gasteiger partial charge on any atom is 0.0758 e. The van der Waals surface area contributed by atoms with Gasteiger partial charge in [0.25, 0.3) is 0 Å². The average molecular weight is 175 g/mol. The van der Waals surface area contributed by atoms with E-state index in [1.54, 1.807) is 13.2 Å². The Bertz CT molecular complexity index is 241. The normalized spacial score (nSPS) is 12.4. The second kappa shape index (κ2) is 5.55. The molecule has 13 heavy (non-hydrogen) atoms. The van der Waals surface area contributed by atoms with Crippen LogP contribution in [0.2, 0.25) is 0 Å². The Hall–Kier alpha value is -1.08. The highest BCUT2D eigenvalue weighted by atomic mass is 16.5. The predicted octanol–water partition coefficient (Wildman–Crippen LogP) is 2.62. The Balaban J connectivity index is 2.38. The lowest BCUT2D eigenvalue weighted by atomic mass is 10.1. The number of hydrogen-bond donors (Lipinski definition) is 0. The summed E-state index contributed by atoms with van der Waals surface area (Å²) in [7, 11) is 1.68. The molecule has 1 radical (unpaired) electrons. The van der Waals surface area contributed by atoms with Gasteiger partial charge in [0.15, 0.2) is 0 Å². The van der Waals surface area contributed by atoms with Crippen molar-refractivity contribution >= 4 is 0 Å². The average Bonchev–Trinajstić information content (AvgIpc) is 2.21. The molecule has 0 spiro atoms. The molecule has 0 saturated heterocycles. The third-order valence-electron chi connectivity index (χ3n) is 2.08. The maximum atomic E-state index is 5.40. The summed E-state index contributed by atoms with van der Waals surface area (Å²) in [5.74, 6) is 0. The molecule has 1 heteroatoms. The highest BCUT2D eigenvalue weighted by Gasteiger charge is 2.01. The van der Waals surface area contributed by atoms with E-state index < -0.39 is 0 Å². The lowest BCUT2D eigenvalue weighted by Crippen LogP contribution is -2.07. The zero-order valence-electron chi connectivity index (χ0n) is 7.94. The van der Waals surface area contributed by atoms with Crippen LogP contribution >= 0.6 is 0 Å². The zero-order chi connectivity index (χ0) is 9.52. The Morgan fingerprint density at radius 2 is 2.08 bits per heavy atom. The minimum absolute atomic E-state index is 0.0696. The van der Waals surface area contributed by atoms with Crippen molar-refractivity contribution in [2.45, 2.75) is 18.9 Å². The van der Waals surface area contributed by atoms with Gasteiger partial charge in [0.05, 0.1) is 6.10 Å². The Morgan fingerprint density at radius 1 is 1.38 bits per heavy atom. The van der Waals surface area contributed by atoms with Gasteiger partial charge < -0.3 is 4.74 Å². The van der Waals surface area contributed by atoms with E-state index >= 15 is 0 Å². The van der Waals surface area contributed by atoms with Crippen molar-refractivity contribution in [1.29, 1.82) is 0 Å². The first kappa shape index (κ1) is 10.0. The molecule has 1 aromatic rings. The van der Waals surface area contributed by atoms with E-state index in [1.165, 1.54) is 5.56 Å². The molecule has 69 valence electrons. The molecule has 0 saturated carbocycles. The fourth-order valence-electron chi connectivity index (χ4n) is 1.25. The summed E-state index contributed by atoms with van der Waals surface area (Å²) in [5.41, 5.74) is 1.33. The van der Waals surface area contributed by atoms with Crippen LogP contribution < -0.4 is 0 Å². The molecule has 1 atom stereocenters. The molecule has 1 nitrogen and oxygen atoms in total. The monoisotopic (exact) mass is 175 g/mol. The molecule has 1 aromatic carbocycles. The molecule has 1 unspecified atom stereocenters. The highest BCUT2D eigenvalue weighted by Crippen LogP contribution is 2.06. The molecule has 0 bridgehead atoms. The number of benzene rings is 1. The largest absolute Gasteiger partial charge is 0.377 e. The van der Waals surface area contributed by atoms with Crippen LogP contribution in [0.1, 0.15) is 12.0 Å². The van der Waals surface area contributed by atoms with Crippen LogP contribution in [-0.2, 0) is 11.2 Å². The first-order valence-corrected chi connectivity index (χ1v) is 4.48. The Kier molecular flexibility index (Phi) is 4.27. The smallest absolute Gasteiger partial charge is 0.0758 e. The number of ether oxygens (including phenoxy) is 1. The van der Waals surface area contributed by atoms with Crippen molar-refractivity contribution in [1.82, 2.24) is 0 Å². The van der Waals surface area contributed by atoms with Crippen molar-refractivity contribution in [3.8, 4) is 0 Å². The molecule has 1 rings (SSSR count). The van der Waals surface area contributed by atoms with Gasteiger partial charge in [0.1, 0.15) is 0 Å². The summed E-state index contributed by atoms with van der Waals surface area (Å²) in [6.45, 7) is 5.40. The van der Waals surface area contributed by atoms with Gasteiger partial charge in [-0.1, -0.05) is 43.0 Å². The van der Waals surface area contributed by atoms with Crippen LogP contribution in [0.3, 0.4) is 0 Å². The van der Waals surface area contributed by atoms with E-state index in [2.05, 4.69) is 12.1 Å². The summed E-state index contributed by atoms with van der Waals surface area (Å²) < 4.78 is 5.14. The summed E-state index contributed by atoms with van der Waals surface area (Å²) in [6.07, 6.45) is 3.62.